The molecule has 3 N–H and O–H groups in total. The van der Waals surface area contributed by atoms with Crippen molar-refractivity contribution >= 4 is 27.3 Å². The Balaban J connectivity index is 1.43. The van der Waals surface area contributed by atoms with Crippen molar-refractivity contribution in [3.05, 3.63) is 54.1 Å². The number of nitrogen functional groups attached to an aromatic ring is 1. The third-order valence-corrected chi connectivity index (χ3v) is 5.26. The van der Waals surface area contributed by atoms with Crippen molar-refractivity contribution in [3.63, 3.8) is 0 Å². The number of nitrogens with zero attached hydrogens (tertiary/aromatic N) is 2. The van der Waals surface area contributed by atoms with Crippen LogP contribution in [0.3, 0.4) is 0 Å². The van der Waals surface area contributed by atoms with Crippen LogP contribution in [-0.4, -0.2) is 69.7 Å². The molecule has 3 rings (SSSR count). The molecule has 0 saturated carbocycles. The lowest BCUT2D eigenvalue weighted by Gasteiger charge is -2.34. The SMILES string of the molecule is CS(=O)(=O)Nc1ccc(C(=O)N2CCN(CCOc3ccc(N)cc3)CC2)cc1. The van der Waals surface area contributed by atoms with Crippen LogP contribution < -0.4 is 15.2 Å². The molecular formula is C20H26N4O4S. The Labute approximate surface area is 171 Å². The second-order valence-electron chi connectivity index (χ2n) is 7.00. The van der Waals surface area contributed by atoms with Gasteiger partial charge >= 0.3 is 0 Å². The fraction of sp³-hybridized carbons (Fsp3) is 0.350. The molecule has 1 fully saturated rings. The fourth-order valence-corrected chi connectivity index (χ4v) is 3.67. The summed E-state index contributed by atoms with van der Waals surface area (Å²) in [5.74, 6) is 0.746. The Hall–Kier alpha value is -2.78. The van der Waals surface area contributed by atoms with Crippen LogP contribution >= 0.6 is 0 Å². The molecule has 1 amide bonds. The number of nitrogens with one attached hydrogen (secondary N) is 1. The predicted molar refractivity (Wildman–Crippen MR) is 114 cm³/mol. The van der Waals surface area contributed by atoms with E-state index in [1.165, 1.54) is 0 Å². The van der Waals surface area contributed by atoms with Gasteiger partial charge in [0, 0.05) is 49.7 Å². The monoisotopic (exact) mass is 418 g/mol. The van der Waals surface area contributed by atoms with E-state index < -0.39 is 10.0 Å². The molecule has 0 aliphatic carbocycles. The van der Waals surface area contributed by atoms with Crippen molar-refractivity contribution in [2.45, 2.75) is 0 Å². The number of hydrogen-bond donors (Lipinski definition) is 2. The molecule has 9 heteroatoms. The van der Waals surface area contributed by atoms with Gasteiger partial charge in [-0.2, -0.15) is 0 Å². The highest BCUT2D eigenvalue weighted by Crippen LogP contribution is 2.15. The second-order valence-corrected chi connectivity index (χ2v) is 8.75. The average molecular weight is 419 g/mol. The zero-order valence-corrected chi connectivity index (χ0v) is 17.2. The molecule has 0 radical (unpaired) electrons. The molecule has 0 unspecified atom stereocenters. The first-order valence-electron chi connectivity index (χ1n) is 9.38. The molecule has 8 nitrogen and oxygen atoms in total. The highest BCUT2D eigenvalue weighted by molar-refractivity contribution is 7.92. The normalized spacial score (nSPS) is 15.1. The molecule has 1 heterocycles. The highest BCUT2D eigenvalue weighted by Gasteiger charge is 2.22. The first-order valence-corrected chi connectivity index (χ1v) is 11.3. The maximum absolute atomic E-state index is 12.7. The first kappa shape index (κ1) is 20.9. The van der Waals surface area contributed by atoms with Crippen molar-refractivity contribution in [1.29, 1.82) is 0 Å². The van der Waals surface area contributed by atoms with Gasteiger partial charge < -0.3 is 15.4 Å². The smallest absolute Gasteiger partial charge is 0.253 e. The molecule has 0 spiro atoms. The van der Waals surface area contributed by atoms with E-state index in [1.807, 2.05) is 29.2 Å². The van der Waals surface area contributed by atoms with Crippen molar-refractivity contribution in [2.24, 2.45) is 0 Å². The molecule has 0 atom stereocenters. The van der Waals surface area contributed by atoms with Crippen LogP contribution in [0.1, 0.15) is 10.4 Å². The minimum Gasteiger partial charge on any atom is -0.492 e. The lowest BCUT2D eigenvalue weighted by atomic mass is 10.1. The summed E-state index contributed by atoms with van der Waals surface area (Å²) in [6.07, 6.45) is 1.09. The number of sulfonamides is 1. The van der Waals surface area contributed by atoms with Crippen LogP contribution in [0, 0.1) is 0 Å². The molecule has 1 saturated heterocycles. The summed E-state index contributed by atoms with van der Waals surface area (Å²) in [5, 5.41) is 0. The third-order valence-electron chi connectivity index (χ3n) is 4.65. The summed E-state index contributed by atoms with van der Waals surface area (Å²) in [5.41, 5.74) is 7.35. The number of nitrogens with two attached hydrogens (primary N) is 1. The van der Waals surface area contributed by atoms with Crippen LogP contribution in [-0.2, 0) is 10.0 Å². The quantitative estimate of drug-likeness (QED) is 0.660. The standard InChI is InChI=1S/C20H26N4O4S/c1-29(26,27)22-18-6-2-16(3-7-18)20(25)24-12-10-23(11-13-24)14-15-28-19-8-4-17(21)5-9-19/h2-9,22H,10-15,21H2,1H3. The van der Waals surface area contributed by atoms with Gasteiger partial charge in [-0.3, -0.25) is 14.4 Å². The molecule has 29 heavy (non-hydrogen) atoms. The number of piperazine rings is 1. The van der Waals surface area contributed by atoms with Crippen LogP contribution in [0.25, 0.3) is 0 Å². The van der Waals surface area contributed by atoms with Crippen LogP contribution in [0.4, 0.5) is 11.4 Å². The van der Waals surface area contributed by atoms with Crippen LogP contribution in [0.5, 0.6) is 5.75 Å². The number of ether oxygens (including phenoxy) is 1. The number of anilines is 2. The average Bonchev–Trinajstić information content (AvgIpc) is 2.69. The van der Waals surface area contributed by atoms with Gasteiger partial charge in [-0.15, -0.1) is 0 Å². The molecule has 0 bridgehead atoms. The van der Waals surface area contributed by atoms with Gasteiger partial charge in [-0.25, -0.2) is 8.42 Å². The summed E-state index contributed by atoms with van der Waals surface area (Å²) >= 11 is 0. The topological polar surface area (TPSA) is 105 Å². The molecule has 0 aromatic heterocycles. The van der Waals surface area contributed by atoms with E-state index in [0.717, 1.165) is 31.6 Å². The summed E-state index contributed by atoms with van der Waals surface area (Å²) in [6, 6.07) is 13.8. The molecular weight excluding hydrogens is 392 g/mol. The minimum atomic E-state index is -3.33. The van der Waals surface area contributed by atoms with Gasteiger partial charge in [-0.1, -0.05) is 0 Å². The highest BCUT2D eigenvalue weighted by atomic mass is 32.2. The van der Waals surface area contributed by atoms with Gasteiger partial charge in [-0.05, 0) is 48.5 Å². The lowest BCUT2D eigenvalue weighted by molar-refractivity contribution is 0.0620. The summed E-state index contributed by atoms with van der Waals surface area (Å²) in [6.45, 7) is 4.22. The molecule has 1 aliphatic heterocycles. The van der Waals surface area contributed by atoms with Gasteiger partial charge in [0.15, 0.2) is 0 Å². The number of amides is 1. The van der Waals surface area contributed by atoms with E-state index in [9.17, 15) is 13.2 Å². The Morgan fingerprint density at radius 2 is 1.66 bits per heavy atom. The van der Waals surface area contributed by atoms with E-state index in [1.54, 1.807) is 24.3 Å². The molecule has 2 aromatic rings. The van der Waals surface area contributed by atoms with Crippen LogP contribution in [0.15, 0.2) is 48.5 Å². The molecule has 156 valence electrons. The molecule has 2 aromatic carbocycles. The van der Waals surface area contributed by atoms with Crippen LogP contribution in [0.2, 0.25) is 0 Å². The third kappa shape index (κ3) is 6.37. The maximum Gasteiger partial charge on any atom is 0.253 e. The molecule has 1 aliphatic rings. The zero-order valence-electron chi connectivity index (χ0n) is 16.4. The Morgan fingerprint density at radius 1 is 1.03 bits per heavy atom. The van der Waals surface area contributed by atoms with E-state index in [4.69, 9.17) is 10.5 Å². The Kier molecular flexibility index (Phi) is 6.60. The van der Waals surface area contributed by atoms with E-state index in [-0.39, 0.29) is 5.91 Å². The van der Waals surface area contributed by atoms with E-state index in [0.29, 0.717) is 36.6 Å². The number of hydrogen-bond acceptors (Lipinski definition) is 6. The first-order chi connectivity index (χ1) is 13.8. The predicted octanol–water partition coefficient (Wildman–Crippen LogP) is 1.48. The number of benzene rings is 2. The summed E-state index contributed by atoms with van der Waals surface area (Å²) in [4.78, 5) is 16.7. The van der Waals surface area contributed by atoms with Gasteiger partial charge in [0.2, 0.25) is 10.0 Å². The van der Waals surface area contributed by atoms with Crippen molar-refractivity contribution in [2.75, 3.05) is 56.0 Å². The largest absolute Gasteiger partial charge is 0.492 e. The van der Waals surface area contributed by atoms with Crippen molar-refractivity contribution in [1.82, 2.24) is 9.80 Å². The number of carbonyl (C=O) groups is 1. The van der Waals surface area contributed by atoms with Gasteiger partial charge in [0.05, 0.1) is 6.26 Å². The fourth-order valence-electron chi connectivity index (χ4n) is 3.11. The van der Waals surface area contributed by atoms with Gasteiger partial charge in [0.1, 0.15) is 12.4 Å². The Morgan fingerprint density at radius 3 is 2.24 bits per heavy atom. The van der Waals surface area contributed by atoms with E-state index >= 15 is 0 Å². The maximum atomic E-state index is 12.7. The van der Waals surface area contributed by atoms with E-state index in [2.05, 4.69) is 9.62 Å². The van der Waals surface area contributed by atoms with Crippen molar-refractivity contribution in [3.8, 4) is 5.75 Å². The second kappa shape index (κ2) is 9.15. The summed E-state index contributed by atoms with van der Waals surface area (Å²) < 4.78 is 30.6. The number of carbonyl (C=O) groups excluding carboxylic acids is 1. The van der Waals surface area contributed by atoms with Crippen molar-refractivity contribution < 1.29 is 17.9 Å². The lowest BCUT2D eigenvalue weighted by Crippen LogP contribution is -2.49. The van der Waals surface area contributed by atoms with Gasteiger partial charge in [0.25, 0.3) is 5.91 Å². The Bertz CT molecular complexity index is 922. The zero-order chi connectivity index (χ0) is 20.9. The summed E-state index contributed by atoms with van der Waals surface area (Å²) in [7, 11) is -3.33. The number of rotatable bonds is 7. The minimum absolute atomic E-state index is 0.0475.